The van der Waals surface area contributed by atoms with Gasteiger partial charge in [0.15, 0.2) is 5.96 Å². The minimum atomic E-state index is 0.574. The fraction of sp³-hybridized carbons (Fsp3) is 0.632. The summed E-state index contributed by atoms with van der Waals surface area (Å²) < 4.78 is 10.8. The Morgan fingerprint density at radius 3 is 2.40 bits per heavy atom. The van der Waals surface area contributed by atoms with Crippen molar-refractivity contribution in [3.05, 3.63) is 24.3 Å². The Bertz CT molecular complexity index is 523. The van der Waals surface area contributed by atoms with Crippen molar-refractivity contribution in [3.8, 4) is 5.75 Å². The van der Waals surface area contributed by atoms with E-state index in [1.807, 2.05) is 19.2 Å². The van der Waals surface area contributed by atoms with E-state index in [9.17, 15) is 0 Å². The second-order valence-corrected chi connectivity index (χ2v) is 6.61. The number of aliphatic imine (C=N–C) groups is 1. The Labute approximate surface area is 151 Å². The van der Waals surface area contributed by atoms with E-state index in [1.54, 1.807) is 7.11 Å². The van der Waals surface area contributed by atoms with E-state index in [0.29, 0.717) is 12.5 Å². The van der Waals surface area contributed by atoms with Crippen LogP contribution >= 0.6 is 0 Å². The van der Waals surface area contributed by atoms with Gasteiger partial charge in [-0.2, -0.15) is 0 Å². The van der Waals surface area contributed by atoms with Gasteiger partial charge >= 0.3 is 0 Å². The largest absolute Gasteiger partial charge is 0.497 e. The molecular formula is C19H32N4O2. The first-order chi connectivity index (χ1) is 12.1. The van der Waals surface area contributed by atoms with Gasteiger partial charge in [0.2, 0.25) is 0 Å². The molecule has 1 fully saturated rings. The lowest BCUT2D eigenvalue weighted by Crippen LogP contribution is -2.53. The predicted molar refractivity (Wildman–Crippen MR) is 104 cm³/mol. The highest BCUT2D eigenvalue weighted by Crippen LogP contribution is 2.20. The molecular weight excluding hydrogens is 316 g/mol. The van der Waals surface area contributed by atoms with Crippen LogP contribution in [-0.4, -0.2) is 71.0 Å². The third-order valence-corrected chi connectivity index (χ3v) is 4.21. The minimum Gasteiger partial charge on any atom is -0.497 e. The van der Waals surface area contributed by atoms with Gasteiger partial charge in [-0.1, -0.05) is 13.8 Å². The summed E-state index contributed by atoms with van der Waals surface area (Å²) in [5.74, 6) is 2.43. The number of rotatable bonds is 7. The van der Waals surface area contributed by atoms with Crippen molar-refractivity contribution in [1.29, 1.82) is 0 Å². The Balaban J connectivity index is 1.75. The summed E-state index contributed by atoms with van der Waals surface area (Å²) in [6.07, 6.45) is 0. The van der Waals surface area contributed by atoms with Crippen LogP contribution in [0.2, 0.25) is 0 Å². The van der Waals surface area contributed by atoms with Gasteiger partial charge in [0.25, 0.3) is 0 Å². The molecule has 0 aromatic heterocycles. The number of nitrogens with one attached hydrogen (secondary N) is 1. The summed E-state index contributed by atoms with van der Waals surface area (Å²) in [4.78, 5) is 9.11. The van der Waals surface area contributed by atoms with Gasteiger partial charge in [-0.25, -0.2) is 0 Å². The number of methoxy groups -OCH3 is 1. The summed E-state index contributed by atoms with van der Waals surface area (Å²) in [6.45, 7) is 10.5. The van der Waals surface area contributed by atoms with Crippen LogP contribution in [0.15, 0.2) is 29.3 Å². The van der Waals surface area contributed by atoms with Crippen LogP contribution in [0.4, 0.5) is 5.69 Å². The molecule has 0 unspecified atom stereocenters. The standard InChI is InChI=1S/C19H32N4O2/c1-16(2)15-25-14-9-21-19(20-3)23-12-10-22(11-13-23)17-5-7-18(24-4)8-6-17/h5-8,16H,9-15H2,1-4H3,(H,20,21). The number of hydrogen-bond donors (Lipinski definition) is 1. The van der Waals surface area contributed by atoms with E-state index in [1.165, 1.54) is 5.69 Å². The van der Waals surface area contributed by atoms with Gasteiger partial charge in [0, 0.05) is 52.1 Å². The predicted octanol–water partition coefficient (Wildman–Crippen LogP) is 2.07. The molecule has 1 aliphatic rings. The highest BCUT2D eigenvalue weighted by molar-refractivity contribution is 5.80. The number of guanidine groups is 1. The highest BCUT2D eigenvalue weighted by atomic mass is 16.5. The number of benzene rings is 1. The molecule has 0 radical (unpaired) electrons. The molecule has 6 heteroatoms. The first-order valence-corrected chi connectivity index (χ1v) is 9.06. The quantitative estimate of drug-likeness (QED) is 0.464. The van der Waals surface area contributed by atoms with Crippen molar-refractivity contribution in [1.82, 2.24) is 10.2 Å². The van der Waals surface area contributed by atoms with Gasteiger partial charge in [-0.3, -0.25) is 4.99 Å². The fourth-order valence-corrected chi connectivity index (χ4v) is 2.86. The summed E-state index contributed by atoms with van der Waals surface area (Å²) in [5, 5.41) is 3.40. The second-order valence-electron chi connectivity index (χ2n) is 6.61. The van der Waals surface area contributed by atoms with Crippen LogP contribution in [0, 0.1) is 5.92 Å². The molecule has 0 spiro atoms. The van der Waals surface area contributed by atoms with Crippen molar-refractivity contribution in [2.45, 2.75) is 13.8 Å². The first kappa shape index (κ1) is 19.4. The van der Waals surface area contributed by atoms with Crippen LogP contribution in [0.3, 0.4) is 0 Å². The molecule has 1 N–H and O–H groups in total. The zero-order valence-corrected chi connectivity index (χ0v) is 16.0. The van der Waals surface area contributed by atoms with Gasteiger partial charge in [-0.05, 0) is 30.2 Å². The normalized spacial score (nSPS) is 15.6. The molecule has 1 heterocycles. The van der Waals surface area contributed by atoms with Crippen molar-refractivity contribution >= 4 is 11.6 Å². The molecule has 1 aromatic carbocycles. The topological polar surface area (TPSA) is 49.3 Å². The lowest BCUT2D eigenvalue weighted by molar-refractivity contribution is 0.114. The molecule has 1 aliphatic heterocycles. The zero-order valence-electron chi connectivity index (χ0n) is 16.0. The summed E-state index contributed by atoms with van der Waals surface area (Å²) >= 11 is 0. The molecule has 0 amide bonds. The molecule has 140 valence electrons. The molecule has 0 bridgehead atoms. The lowest BCUT2D eigenvalue weighted by atomic mass is 10.2. The Morgan fingerprint density at radius 1 is 1.16 bits per heavy atom. The monoisotopic (exact) mass is 348 g/mol. The van der Waals surface area contributed by atoms with Crippen LogP contribution in [0.5, 0.6) is 5.75 Å². The fourth-order valence-electron chi connectivity index (χ4n) is 2.86. The van der Waals surface area contributed by atoms with Gasteiger partial charge < -0.3 is 24.6 Å². The van der Waals surface area contributed by atoms with E-state index >= 15 is 0 Å². The van der Waals surface area contributed by atoms with Crippen molar-refractivity contribution in [2.24, 2.45) is 10.9 Å². The van der Waals surface area contributed by atoms with E-state index in [0.717, 1.165) is 51.0 Å². The molecule has 1 saturated heterocycles. The van der Waals surface area contributed by atoms with Crippen molar-refractivity contribution in [2.75, 3.05) is 65.0 Å². The van der Waals surface area contributed by atoms with Gasteiger partial charge in [-0.15, -0.1) is 0 Å². The summed E-state index contributed by atoms with van der Waals surface area (Å²) in [7, 11) is 3.54. The smallest absolute Gasteiger partial charge is 0.193 e. The number of anilines is 1. The lowest BCUT2D eigenvalue weighted by Gasteiger charge is -2.37. The number of nitrogens with zero attached hydrogens (tertiary/aromatic N) is 3. The Kier molecular flexibility index (Phi) is 7.85. The molecule has 0 aliphatic carbocycles. The second kappa shape index (κ2) is 10.1. The van der Waals surface area contributed by atoms with Crippen LogP contribution in [0.25, 0.3) is 0 Å². The van der Waals surface area contributed by atoms with E-state index in [4.69, 9.17) is 9.47 Å². The first-order valence-electron chi connectivity index (χ1n) is 9.06. The van der Waals surface area contributed by atoms with Crippen molar-refractivity contribution < 1.29 is 9.47 Å². The zero-order chi connectivity index (χ0) is 18.1. The van der Waals surface area contributed by atoms with E-state index in [2.05, 4.69) is 46.1 Å². The van der Waals surface area contributed by atoms with E-state index < -0.39 is 0 Å². The number of piperazine rings is 1. The molecule has 0 saturated carbocycles. The minimum absolute atomic E-state index is 0.574. The van der Waals surface area contributed by atoms with Gasteiger partial charge in [0.05, 0.1) is 13.7 Å². The number of hydrogen-bond acceptors (Lipinski definition) is 4. The van der Waals surface area contributed by atoms with Gasteiger partial charge in [0.1, 0.15) is 5.75 Å². The molecule has 6 nitrogen and oxygen atoms in total. The maximum Gasteiger partial charge on any atom is 0.193 e. The Hall–Kier alpha value is -1.95. The third kappa shape index (κ3) is 6.12. The summed E-state index contributed by atoms with van der Waals surface area (Å²) in [6, 6.07) is 8.26. The average Bonchev–Trinajstić information content (AvgIpc) is 2.65. The molecule has 2 rings (SSSR count). The molecule has 0 atom stereocenters. The molecule has 25 heavy (non-hydrogen) atoms. The average molecular weight is 348 g/mol. The van der Waals surface area contributed by atoms with Crippen LogP contribution in [-0.2, 0) is 4.74 Å². The third-order valence-electron chi connectivity index (χ3n) is 4.21. The van der Waals surface area contributed by atoms with Crippen LogP contribution in [0.1, 0.15) is 13.8 Å². The van der Waals surface area contributed by atoms with Crippen molar-refractivity contribution in [3.63, 3.8) is 0 Å². The number of ether oxygens (including phenoxy) is 2. The van der Waals surface area contributed by atoms with E-state index in [-0.39, 0.29) is 0 Å². The summed E-state index contributed by atoms with van der Waals surface area (Å²) in [5.41, 5.74) is 1.24. The SMILES string of the molecule is CN=C(NCCOCC(C)C)N1CCN(c2ccc(OC)cc2)CC1. The Morgan fingerprint density at radius 2 is 1.84 bits per heavy atom. The maximum absolute atomic E-state index is 5.62. The van der Waals surface area contributed by atoms with Crippen LogP contribution < -0.4 is 15.0 Å². The highest BCUT2D eigenvalue weighted by Gasteiger charge is 2.19. The molecule has 1 aromatic rings. The maximum atomic E-state index is 5.62.